The van der Waals surface area contributed by atoms with Crippen molar-refractivity contribution in [2.45, 2.75) is 19.9 Å². The Hall–Kier alpha value is -1.64. The van der Waals surface area contributed by atoms with E-state index in [0.717, 1.165) is 35.8 Å². The third kappa shape index (κ3) is 1.31. The Kier molecular flexibility index (Phi) is 2.31. The fraction of sp³-hybridized carbons (Fsp3) is 0.273. The molecule has 0 saturated heterocycles. The van der Waals surface area contributed by atoms with Crippen LogP contribution < -0.4 is 0 Å². The first kappa shape index (κ1) is 8.94. The molecule has 0 aliphatic carbocycles. The summed E-state index contributed by atoms with van der Waals surface area (Å²) in [6.45, 7) is 2.96. The highest BCUT2D eigenvalue weighted by atomic mass is 16.1. The number of aryl methyl sites for hydroxylation is 1. The van der Waals surface area contributed by atoms with Gasteiger partial charge in [-0.25, -0.2) is 0 Å². The molecule has 2 heterocycles. The van der Waals surface area contributed by atoms with Gasteiger partial charge in [0, 0.05) is 18.1 Å². The number of rotatable bonds is 3. The summed E-state index contributed by atoms with van der Waals surface area (Å²) >= 11 is 0. The minimum Gasteiger partial charge on any atom is -0.337 e. The Morgan fingerprint density at radius 3 is 3.14 bits per heavy atom. The number of aldehydes is 1. The average molecular weight is 188 g/mol. The van der Waals surface area contributed by atoms with Crippen LogP contribution in [0, 0.1) is 0 Å². The second kappa shape index (κ2) is 3.62. The first-order valence-electron chi connectivity index (χ1n) is 4.75. The highest BCUT2D eigenvalue weighted by Crippen LogP contribution is 2.17. The maximum atomic E-state index is 10.8. The standard InChI is InChI=1S/C11H12N2O/c1-2-5-13-10(8-14)6-9-3-4-12-7-11(9)13/h3-4,6-8H,2,5H2,1H3. The van der Waals surface area contributed by atoms with Gasteiger partial charge < -0.3 is 4.57 Å². The summed E-state index contributed by atoms with van der Waals surface area (Å²) in [5.74, 6) is 0. The van der Waals surface area contributed by atoms with Crippen molar-refractivity contribution < 1.29 is 4.79 Å². The Balaban J connectivity index is 2.67. The molecule has 0 saturated carbocycles. The molecular formula is C11H12N2O. The molecule has 0 aliphatic heterocycles. The molecule has 0 amide bonds. The van der Waals surface area contributed by atoms with Crippen LogP contribution >= 0.6 is 0 Å². The fourth-order valence-electron chi connectivity index (χ4n) is 1.69. The van der Waals surface area contributed by atoms with E-state index in [9.17, 15) is 4.79 Å². The van der Waals surface area contributed by atoms with E-state index in [4.69, 9.17) is 0 Å². The molecule has 0 unspecified atom stereocenters. The van der Waals surface area contributed by atoms with Crippen molar-refractivity contribution in [3.63, 3.8) is 0 Å². The van der Waals surface area contributed by atoms with Gasteiger partial charge in [-0.2, -0.15) is 0 Å². The molecule has 72 valence electrons. The highest BCUT2D eigenvalue weighted by Gasteiger charge is 2.06. The number of carbonyl (C=O) groups excluding carboxylic acids is 1. The summed E-state index contributed by atoms with van der Waals surface area (Å²) < 4.78 is 2.01. The van der Waals surface area contributed by atoms with Gasteiger partial charge in [-0.05, 0) is 18.6 Å². The number of carbonyl (C=O) groups is 1. The second-order valence-electron chi connectivity index (χ2n) is 3.27. The van der Waals surface area contributed by atoms with E-state index in [-0.39, 0.29) is 0 Å². The van der Waals surface area contributed by atoms with Gasteiger partial charge in [0.2, 0.25) is 0 Å². The SMILES string of the molecule is CCCn1c(C=O)cc2ccncc21. The summed E-state index contributed by atoms with van der Waals surface area (Å²) in [6, 6.07) is 3.83. The first-order chi connectivity index (χ1) is 6.86. The lowest BCUT2D eigenvalue weighted by Crippen LogP contribution is -2.00. The molecule has 0 bridgehead atoms. The maximum Gasteiger partial charge on any atom is 0.166 e. The topological polar surface area (TPSA) is 34.9 Å². The average Bonchev–Trinajstić information content (AvgIpc) is 2.58. The Bertz CT molecular complexity index is 459. The predicted molar refractivity (Wildman–Crippen MR) is 55.4 cm³/mol. The summed E-state index contributed by atoms with van der Waals surface area (Å²) in [6.07, 6.45) is 5.46. The van der Waals surface area contributed by atoms with E-state index in [1.165, 1.54) is 0 Å². The lowest BCUT2D eigenvalue weighted by molar-refractivity contribution is 0.111. The minimum absolute atomic E-state index is 0.731. The molecule has 2 aromatic heterocycles. The molecule has 0 radical (unpaired) electrons. The zero-order valence-electron chi connectivity index (χ0n) is 8.10. The molecule has 0 spiro atoms. The van der Waals surface area contributed by atoms with E-state index in [0.29, 0.717) is 0 Å². The van der Waals surface area contributed by atoms with Crippen LogP contribution in [0.25, 0.3) is 10.9 Å². The molecule has 0 atom stereocenters. The van der Waals surface area contributed by atoms with Crippen LogP contribution in [0.15, 0.2) is 24.5 Å². The van der Waals surface area contributed by atoms with Crippen molar-refractivity contribution in [3.8, 4) is 0 Å². The molecule has 0 N–H and O–H groups in total. The molecule has 14 heavy (non-hydrogen) atoms. The second-order valence-corrected chi connectivity index (χ2v) is 3.27. The van der Waals surface area contributed by atoms with Gasteiger partial charge in [-0.15, -0.1) is 0 Å². The third-order valence-corrected chi connectivity index (χ3v) is 2.31. The molecular weight excluding hydrogens is 176 g/mol. The van der Waals surface area contributed by atoms with Gasteiger partial charge in [0.15, 0.2) is 6.29 Å². The monoisotopic (exact) mass is 188 g/mol. The van der Waals surface area contributed by atoms with Gasteiger partial charge in [-0.3, -0.25) is 9.78 Å². The van der Waals surface area contributed by atoms with Gasteiger partial charge in [-0.1, -0.05) is 6.92 Å². The largest absolute Gasteiger partial charge is 0.337 e. The van der Waals surface area contributed by atoms with Crippen molar-refractivity contribution in [2.24, 2.45) is 0 Å². The highest BCUT2D eigenvalue weighted by molar-refractivity contribution is 5.88. The number of aromatic nitrogens is 2. The summed E-state index contributed by atoms with van der Waals surface area (Å²) in [5, 5.41) is 1.08. The lowest BCUT2D eigenvalue weighted by Gasteiger charge is -2.03. The normalized spacial score (nSPS) is 10.6. The Morgan fingerprint density at radius 1 is 1.57 bits per heavy atom. The quantitative estimate of drug-likeness (QED) is 0.692. The zero-order chi connectivity index (χ0) is 9.97. The van der Waals surface area contributed by atoms with E-state index >= 15 is 0 Å². The van der Waals surface area contributed by atoms with Crippen molar-refractivity contribution >= 4 is 17.2 Å². The summed E-state index contributed by atoms with van der Waals surface area (Å²) in [5.41, 5.74) is 1.77. The van der Waals surface area contributed by atoms with Crippen LogP contribution in [0.5, 0.6) is 0 Å². The van der Waals surface area contributed by atoms with Crippen molar-refractivity contribution in [1.29, 1.82) is 0 Å². The minimum atomic E-state index is 0.731. The van der Waals surface area contributed by atoms with Crippen LogP contribution in [-0.2, 0) is 6.54 Å². The summed E-state index contributed by atoms with van der Waals surface area (Å²) in [7, 11) is 0. The van der Waals surface area contributed by atoms with Gasteiger partial charge in [0.05, 0.1) is 17.4 Å². The number of hydrogen-bond donors (Lipinski definition) is 0. The molecule has 3 heteroatoms. The smallest absolute Gasteiger partial charge is 0.166 e. The number of hydrogen-bond acceptors (Lipinski definition) is 2. The zero-order valence-corrected chi connectivity index (χ0v) is 8.10. The third-order valence-electron chi connectivity index (χ3n) is 2.31. The fourth-order valence-corrected chi connectivity index (χ4v) is 1.69. The van der Waals surface area contributed by atoms with Crippen LogP contribution in [0.3, 0.4) is 0 Å². The summed E-state index contributed by atoms with van der Waals surface area (Å²) in [4.78, 5) is 14.9. The van der Waals surface area contributed by atoms with Crippen molar-refractivity contribution in [1.82, 2.24) is 9.55 Å². The van der Waals surface area contributed by atoms with Crippen molar-refractivity contribution in [2.75, 3.05) is 0 Å². The maximum absolute atomic E-state index is 10.8. The predicted octanol–water partition coefficient (Wildman–Crippen LogP) is 2.26. The first-order valence-corrected chi connectivity index (χ1v) is 4.75. The Labute approximate surface area is 82.4 Å². The molecule has 0 aromatic carbocycles. The Morgan fingerprint density at radius 2 is 2.43 bits per heavy atom. The van der Waals surface area contributed by atoms with Crippen LogP contribution in [0.2, 0.25) is 0 Å². The van der Waals surface area contributed by atoms with E-state index in [1.807, 2.05) is 16.7 Å². The van der Waals surface area contributed by atoms with Crippen LogP contribution in [0.4, 0.5) is 0 Å². The van der Waals surface area contributed by atoms with E-state index < -0.39 is 0 Å². The van der Waals surface area contributed by atoms with Crippen molar-refractivity contribution in [3.05, 3.63) is 30.2 Å². The van der Waals surface area contributed by atoms with Gasteiger partial charge >= 0.3 is 0 Å². The van der Waals surface area contributed by atoms with Gasteiger partial charge in [0.25, 0.3) is 0 Å². The lowest BCUT2D eigenvalue weighted by atomic mass is 10.3. The molecule has 2 aromatic rings. The van der Waals surface area contributed by atoms with E-state index in [2.05, 4.69) is 11.9 Å². The molecule has 3 nitrogen and oxygen atoms in total. The molecule has 0 fully saturated rings. The van der Waals surface area contributed by atoms with E-state index in [1.54, 1.807) is 12.4 Å². The molecule has 2 rings (SSSR count). The van der Waals surface area contributed by atoms with Gasteiger partial charge in [0.1, 0.15) is 0 Å². The molecule has 0 aliphatic rings. The number of nitrogens with zero attached hydrogens (tertiary/aromatic N) is 2. The number of pyridine rings is 1. The van der Waals surface area contributed by atoms with Crippen LogP contribution in [0.1, 0.15) is 23.8 Å². The number of fused-ring (bicyclic) bond motifs is 1. The van der Waals surface area contributed by atoms with Crippen LogP contribution in [-0.4, -0.2) is 15.8 Å².